The summed E-state index contributed by atoms with van der Waals surface area (Å²) in [4.78, 5) is 27.5. The first-order chi connectivity index (χ1) is 13.7. The molecule has 1 aliphatic carbocycles. The number of carbonyl (C=O) groups excluding carboxylic acids is 2. The largest absolute Gasteiger partial charge is 0.350 e. The van der Waals surface area contributed by atoms with E-state index in [1.165, 1.54) is 31.2 Å². The normalized spacial score (nSPS) is 18.4. The van der Waals surface area contributed by atoms with E-state index in [1.54, 1.807) is 0 Å². The Morgan fingerprint density at radius 1 is 0.929 bits per heavy atom. The van der Waals surface area contributed by atoms with Gasteiger partial charge in [-0.1, -0.05) is 55.3 Å². The van der Waals surface area contributed by atoms with Crippen molar-refractivity contribution in [1.82, 2.24) is 10.2 Å². The summed E-state index contributed by atoms with van der Waals surface area (Å²) in [5.74, 6) is 0.0821. The van der Waals surface area contributed by atoms with Crippen LogP contribution in [0, 0.1) is 0 Å². The number of hydrogen-bond acceptors (Lipinski definition) is 3. The number of likely N-dealkylation sites (tertiary alicyclic amines) is 1. The molecule has 2 aromatic rings. The van der Waals surface area contributed by atoms with Gasteiger partial charge in [-0.3, -0.25) is 14.5 Å². The molecule has 0 saturated carbocycles. The summed E-state index contributed by atoms with van der Waals surface area (Å²) < 4.78 is 0. The van der Waals surface area contributed by atoms with E-state index in [1.807, 2.05) is 24.3 Å². The first-order valence-electron chi connectivity index (χ1n) is 10.5. The highest BCUT2D eigenvalue weighted by Gasteiger charge is 2.26. The van der Waals surface area contributed by atoms with Crippen molar-refractivity contribution in [3.05, 3.63) is 70.8 Å². The second kappa shape index (κ2) is 8.70. The summed E-state index contributed by atoms with van der Waals surface area (Å²) in [5.41, 5.74) is 3.54. The van der Waals surface area contributed by atoms with E-state index < -0.39 is 0 Å². The van der Waals surface area contributed by atoms with E-state index in [2.05, 4.69) is 34.5 Å². The van der Waals surface area contributed by atoms with E-state index in [4.69, 9.17) is 0 Å². The summed E-state index contributed by atoms with van der Waals surface area (Å²) in [6.07, 6.45) is 6.19. The Balaban J connectivity index is 1.51. The van der Waals surface area contributed by atoms with Crippen LogP contribution in [0.2, 0.25) is 0 Å². The molecule has 0 bridgehead atoms. The van der Waals surface area contributed by atoms with Crippen molar-refractivity contribution in [2.24, 2.45) is 0 Å². The average Bonchev–Trinajstić information content (AvgIpc) is 2.93. The van der Waals surface area contributed by atoms with Crippen LogP contribution in [0.4, 0.5) is 0 Å². The maximum atomic E-state index is 13.0. The summed E-state index contributed by atoms with van der Waals surface area (Å²) in [6, 6.07) is 16.2. The van der Waals surface area contributed by atoms with Crippen molar-refractivity contribution in [1.29, 1.82) is 0 Å². The number of nitrogens with one attached hydrogen (secondary N) is 1. The Morgan fingerprint density at radius 3 is 2.43 bits per heavy atom. The minimum atomic E-state index is -0.0673. The monoisotopic (exact) mass is 376 g/mol. The highest BCUT2D eigenvalue weighted by atomic mass is 16.1. The predicted molar refractivity (Wildman–Crippen MR) is 111 cm³/mol. The fourth-order valence-corrected chi connectivity index (χ4v) is 4.53. The highest BCUT2D eigenvalue weighted by molar-refractivity contribution is 6.05. The van der Waals surface area contributed by atoms with Gasteiger partial charge in [-0.2, -0.15) is 0 Å². The topological polar surface area (TPSA) is 49.4 Å². The molecule has 0 unspecified atom stereocenters. The van der Waals surface area contributed by atoms with E-state index in [9.17, 15) is 9.59 Å². The summed E-state index contributed by atoms with van der Waals surface area (Å²) >= 11 is 0. The maximum Gasteiger partial charge on any atom is 0.251 e. The van der Waals surface area contributed by atoms with Gasteiger partial charge < -0.3 is 5.32 Å². The van der Waals surface area contributed by atoms with Crippen LogP contribution in [0.15, 0.2) is 48.5 Å². The molecule has 0 aromatic heterocycles. The number of ketones is 1. The predicted octanol–water partition coefficient (Wildman–Crippen LogP) is 4.16. The molecular weight excluding hydrogens is 348 g/mol. The van der Waals surface area contributed by atoms with Crippen molar-refractivity contribution in [3.63, 3.8) is 0 Å². The molecular formula is C24H28N2O2. The zero-order valence-electron chi connectivity index (χ0n) is 16.3. The summed E-state index contributed by atoms with van der Waals surface area (Å²) in [5, 5.41) is 3.17. The molecule has 0 radical (unpaired) electrons. The maximum absolute atomic E-state index is 13.0. The van der Waals surface area contributed by atoms with Crippen LogP contribution in [0.5, 0.6) is 0 Å². The van der Waals surface area contributed by atoms with Crippen molar-refractivity contribution >= 4 is 11.7 Å². The standard InChI is InChI=1S/C24H28N2O2/c27-23-14-13-19-20(23)11-8-12-21(19)24(28)25-17-22(18-9-4-3-5-10-18)26-15-6-1-2-7-16-26/h3-5,8-12,22H,1-2,6-7,13-17H2,(H,25,28)/t22-/m1/s1. The lowest BCUT2D eigenvalue weighted by molar-refractivity contribution is 0.0931. The lowest BCUT2D eigenvalue weighted by Crippen LogP contribution is -2.39. The molecule has 1 atom stereocenters. The lowest BCUT2D eigenvalue weighted by atomic mass is 10.0. The van der Waals surface area contributed by atoms with E-state index in [0.29, 0.717) is 24.9 Å². The molecule has 4 rings (SSSR count). The molecule has 4 nitrogen and oxygen atoms in total. The number of carbonyl (C=O) groups is 2. The van der Waals surface area contributed by atoms with Gasteiger partial charge in [0.15, 0.2) is 5.78 Å². The number of amides is 1. The average molecular weight is 377 g/mol. The second-order valence-electron chi connectivity index (χ2n) is 7.84. The van der Waals surface area contributed by atoms with Crippen LogP contribution >= 0.6 is 0 Å². The third kappa shape index (κ3) is 4.02. The van der Waals surface area contributed by atoms with Crippen LogP contribution in [0.1, 0.15) is 70.0 Å². The zero-order chi connectivity index (χ0) is 19.3. The summed E-state index contributed by atoms with van der Waals surface area (Å²) in [6.45, 7) is 2.73. The Labute approximate surface area is 166 Å². The number of benzene rings is 2. The molecule has 0 spiro atoms. The van der Waals surface area contributed by atoms with Gasteiger partial charge in [-0.05, 0) is 49.5 Å². The van der Waals surface area contributed by atoms with E-state index >= 15 is 0 Å². The SMILES string of the molecule is O=C1CCc2c1cccc2C(=O)NC[C@H](c1ccccc1)N1CCCCCC1. The highest BCUT2D eigenvalue weighted by Crippen LogP contribution is 2.26. The third-order valence-electron chi connectivity index (χ3n) is 6.04. The van der Waals surface area contributed by atoms with E-state index in [0.717, 1.165) is 24.2 Å². The molecule has 28 heavy (non-hydrogen) atoms. The molecule has 2 aliphatic rings. The number of Topliss-reactive ketones (excluding diaryl/α,β-unsaturated/α-hetero) is 1. The smallest absolute Gasteiger partial charge is 0.251 e. The quantitative estimate of drug-likeness (QED) is 0.852. The number of hydrogen-bond donors (Lipinski definition) is 1. The van der Waals surface area contributed by atoms with Gasteiger partial charge in [0.2, 0.25) is 0 Å². The zero-order valence-corrected chi connectivity index (χ0v) is 16.3. The fraction of sp³-hybridized carbons (Fsp3) is 0.417. The van der Waals surface area contributed by atoms with Crippen LogP contribution in [-0.2, 0) is 6.42 Å². The first kappa shape index (κ1) is 18.9. The molecule has 1 fully saturated rings. The molecule has 1 heterocycles. The van der Waals surface area contributed by atoms with Gasteiger partial charge in [0, 0.05) is 24.1 Å². The van der Waals surface area contributed by atoms with Crippen molar-refractivity contribution in [2.45, 2.75) is 44.6 Å². The number of fused-ring (bicyclic) bond motifs is 1. The fourth-order valence-electron chi connectivity index (χ4n) is 4.53. The van der Waals surface area contributed by atoms with Crippen LogP contribution in [0.3, 0.4) is 0 Å². The second-order valence-corrected chi connectivity index (χ2v) is 7.84. The van der Waals surface area contributed by atoms with Crippen molar-refractivity contribution < 1.29 is 9.59 Å². The van der Waals surface area contributed by atoms with Crippen LogP contribution < -0.4 is 5.32 Å². The first-order valence-corrected chi connectivity index (χ1v) is 10.5. The Kier molecular flexibility index (Phi) is 5.87. The molecule has 2 aromatic carbocycles. The molecule has 4 heteroatoms. The van der Waals surface area contributed by atoms with Gasteiger partial charge in [0.1, 0.15) is 0 Å². The van der Waals surface area contributed by atoms with Crippen molar-refractivity contribution in [3.8, 4) is 0 Å². The van der Waals surface area contributed by atoms with Gasteiger partial charge in [-0.25, -0.2) is 0 Å². The molecule has 1 N–H and O–H groups in total. The minimum Gasteiger partial charge on any atom is -0.350 e. The third-order valence-corrected chi connectivity index (χ3v) is 6.04. The minimum absolute atomic E-state index is 0.0673. The Hall–Kier alpha value is -2.46. The number of nitrogens with zero attached hydrogens (tertiary/aromatic N) is 1. The molecule has 1 amide bonds. The van der Waals surface area contributed by atoms with Gasteiger partial charge in [-0.15, -0.1) is 0 Å². The van der Waals surface area contributed by atoms with Gasteiger partial charge >= 0.3 is 0 Å². The Bertz CT molecular complexity index is 839. The van der Waals surface area contributed by atoms with Gasteiger partial charge in [0.05, 0.1) is 6.04 Å². The lowest BCUT2D eigenvalue weighted by Gasteiger charge is -2.31. The summed E-state index contributed by atoms with van der Waals surface area (Å²) in [7, 11) is 0. The van der Waals surface area contributed by atoms with Crippen LogP contribution in [-0.4, -0.2) is 36.2 Å². The molecule has 1 saturated heterocycles. The molecule has 1 aliphatic heterocycles. The molecule has 146 valence electrons. The van der Waals surface area contributed by atoms with E-state index in [-0.39, 0.29) is 17.7 Å². The van der Waals surface area contributed by atoms with Gasteiger partial charge in [0.25, 0.3) is 5.91 Å². The Morgan fingerprint density at radius 2 is 1.68 bits per heavy atom. The van der Waals surface area contributed by atoms with Crippen molar-refractivity contribution in [2.75, 3.05) is 19.6 Å². The number of rotatable bonds is 5. The van der Waals surface area contributed by atoms with Crippen LogP contribution in [0.25, 0.3) is 0 Å².